The summed E-state index contributed by atoms with van der Waals surface area (Å²) in [6.45, 7) is 1.40. The van der Waals surface area contributed by atoms with Crippen LogP contribution in [0.25, 0.3) is 22.4 Å². The van der Waals surface area contributed by atoms with Crippen LogP contribution in [0, 0.1) is 5.82 Å². The Balaban J connectivity index is 1.77. The maximum absolute atomic E-state index is 13.8. The second kappa shape index (κ2) is 8.31. The Morgan fingerprint density at radius 2 is 1.74 bits per heavy atom. The molecule has 0 fully saturated rings. The van der Waals surface area contributed by atoms with Crippen LogP contribution in [0.2, 0.25) is 0 Å². The SMILES string of the molecule is CCn1c(=O)n(CC(=O)Nc2ccccc2F)c(=O)c2cnc(-c3ccccc3)nc21. The molecule has 4 rings (SSSR count). The molecule has 156 valence electrons. The van der Waals surface area contributed by atoms with Gasteiger partial charge in [0.05, 0.1) is 5.69 Å². The predicted octanol–water partition coefficient (Wildman–Crippen LogP) is 2.42. The number of aromatic nitrogens is 4. The molecule has 1 N–H and O–H groups in total. The number of halogens is 1. The number of carbonyl (C=O) groups is 1. The van der Waals surface area contributed by atoms with Gasteiger partial charge in [0, 0.05) is 18.3 Å². The van der Waals surface area contributed by atoms with Gasteiger partial charge >= 0.3 is 5.69 Å². The Labute approximate surface area is 175 Å². The van der Waals surface area contributed by atoms with Crippen molar-refractivity contribution in [1.29, 1.82) is 0 Å². The number of amides is 1. The Hall–Kier alpha value is -4.14. The van der Waals surface area contributed by atoms with E-state index in [4.69, 9.17) is 0 Å². The highest BCUT2D eigenvalue weighted by Crippen LogP contribution is 2.16. The van der Waals surface area contributed by atoms with E-state index in [2.05, 4.69) is 15.3 Å². The summed E-state index contributed by atoms with van der Waals surface area (Å²) in [6, 6.07) is 14.8. The Bertz CT molecular complexity index is 1400. The lowest BCUT2D eigenvalue weighted by Gasteiger charge is -2.13. The first-order chi connectivity index (χ1) is 15.0. The fourth-order valence-corrected chi connectivity index (χ4v) is 3.24. The Morgan fingerprint density at radius 3 is 2.45 bits per heavy atom. The highest BCUT2D eigenvalue weighted by Gasteiger charge is 2.18. The number of para-hydroxylation sites is 1. The van der Waals surface area contributed by atoms with Crippen LogP contribution in [0.5, 0.6) is 0 Å². The van der Waals surface area contributed by atoms with E-state index in [1.165, 1.54) is 29.0 Å². The van der Waals surface area contributed by atoms with Gasteiger partial charge < -0.3 is 5.32 Å². The number of carbonyl (C=O) groups excluding carboxylic acids is 1. The molecule has 8 nitrogen and oxygen atoms in total. The molecule has 0 saturated heterocycles. The van der Waals surface area contributed by atoms with E-state index in [9.17, 15) is 18.8 Å². The number of hydrogen-bond donors (Lipinski definition) is 1. The third kappa shape index (κ3) is 3.85. The van der Waals surface area contributed by atoms with Gasteiger partial charge in [-0.3, -0.25) is 18.7 Å². The molecular weight excluding hydrogens is 401 g/mol. The van der Waals surface area contributed by atoms with E-state index < -0.39 is 29.5 Å². The number of anilines is 1. The molecule has 1 amide bonds. The first-order valence-corrected chi connectivity index (χ1v) is 9.59. The second-order valence-corrected chi connectivity index (χ2v) is 6.74. The molecular formula is C22H18FN5O3. The van der Waals surface area contributed by atoms with Gasteiger partial charge in [0.25, 0.3) is 5.56 Å². The first-order valence-electron chi connectivity index (χ1n) is 9.59. The minimum Gasteiger partial charge on any atom is -0.322 e. The van der Waals surface area contributed by atoms with Crippen molar-refractivity contribution >= 4 is 22.6 Å². The van der Waals surface area contributed by atoms with Crippen molar-refractivity contribution in [3.05, 3.63) is 87.4 Å². The number of hydrogen-bond acceptors (Lipinski definition) is 5. The monoisotopic (exact) mass is 419 g/mol. The number of nitrogens with one attached hydrogen (secondary N) is 1. The normalized spacial score (nSPS) is 10.9. The van der Waals surface area contributed by atoms with Crippen molar-refractivity contribution in [2.45, 2.75) is 20.0 Å². The lowest BCUT2D eigenvalue weighted by atomic mass is 10.2. The molecule has 2 aromatic carbocycles. The second-order valence-electron chi connectivity index (χ2n) is 6.74. The maximum atomic E-state index is 13.8. The highest BCUT2D eigenvalue weighted by molar-refractivity contribution is 5.90. The number of fused-ring (bicyclic) bond motifs is 1. The molecule has 2 heterocycles. The van der Waals surface area contributed by atoms with Gasteiger partial charge in [-0.25, -0.2) is 19.2 Å². The molecule has 9 heteroatoms. The minimum atomic E-state index is -0.701. The standard InChI is InChI=1S/C22H18FN5O3/c1-2-27-20-15(12-24-19(26-20)14-8-4-3-5-9-14)21(30)28(22(27)31)13-18(29)25-17-11-7-6-10-16(17)23/h3-12H,2,13H2,1H3,(H,25,29). The van der Waals surface area contributed by atoms with Gasteiger partial charge in [-0.1, -0.05) is 42.5 Å². The fourth-order valence-electron chi connectivity index (χ4n) is 3.24. The number of rotatable bonds is 5. The molecule has 0 unspecified atom stereocenters. The minimum absolute atomic E-state index is 0.0343. The Morgan fingerprint density at radius 1 is 1.03 bits per heavy atom. The summed E-state index contributed by atoms with van der Waals surface area (Å²) in [5.41, 5.74) is -0.465. The number of aryl methyl sites for hydroxylation is 1. The van der Waals surface area contributed by atoms with Gasteiger partial charge in [0.2, 0.25) is 5.91 Å². The van der Waals surface area contributed by atoms with Crippen molar-refractivity contribution in [3.8, 4) is 11.4 Å². The molecule has 0 aliphatic rings. The summed E-state index contributed by atoms with van der Waals surface area (Å²) in [4.78, 5) is 47.0. The summed E-state index contributed by atoms with van der Waals surface area (Å²) >= 11 is 0. The molecule has 0 bridgehead atoms. The van der Waals surface area contributed by atoms with Crippen LogP contribution in [0.3, 0.4) is 0 Å². The van der Waals surface area contributed by atoms with E-state index in [1.54, 1.807) is 13.0 Å². The fraction of sp³-hybridized carbons (Fsp3) is 0.136. The zero-order valence-electron chi connectivity index (χ0n) is 16.6. The van der Waals surface area contributed by atoms with E-state index >= 15 is 0 Å². The molecule has 0 aliphatic carbocycles. The van der Waals surface area contributed by atoms with Crippen LogP contribution in [-0.4, -0.2) is 25.0 Å². The third-order valence-electron chi connectivity index (χ3n) is 4.76. The van der Waals surface area contributed by atoms with Crippen molar-refractivity contribution in [2.24, 2.45) is 0 Å². The summed E-state index contributed by atoms with van der Waals surface area (Å²) < 4.78 is 15.9. The van der Waals surface area contributed by atoms with Crippen molar-refractivity contribution in [3.63, 3.8) is 0 Å². The Kier molecular flexibility index (Phi) is 5.40. The number of benzene rings is 2. The van der Waals surface area contributed by atoms with Crippen LogP contribution in [0.1, 0.15) is 6.92 Å². The van der Waals surface area contributed by atoms with Crippen LogP contribution in [0.4, 0.5) is 10.1 Å². The molecule has 4 aromatic rings. The van der Waals surface area contributed by atoms with E-state index in [-0.39, 0.29) is 23.3 Å². The molecule has 0 spiro atoms. The average molecular weight is 419 g/mol. The van der Waals surface area contributed by atoms with Crippen molar-refractivity contribution < 1.29 is 9.18 Å². The summed E-state index contributed by atoms with van der Waals surface area (Å²) in [7, 11) is 0. The lowest BCUT2D eigenvalue weighted by molar-refractivity contribution is -0.116. The van der Waals surface area contributed by atoms with Gasteiger partial charge in [-0.15, -0.1) is 0 Å². The van der Waals surface area contributed by atoms with Gasteiger partial charge in [-0.05, 0) is 19.1 Å². The van der Waals surface area contributed by atoms with Crippen molar-refractivity contribution in [1.82, 2.24) is 19.1 Å². The molecule has 0 saturated carbocycles. The largest absolute Gasteiger partial charge is 0.333 e. The van der Waals surface area contributed by atoms with Gasteiger partial charge in [0.15, 0.2) is 11.5 Å². The van der Waals surface area contributed by atoms with Crippen LogP contribution in [0.15, 0.2) is 70.4 Å². The molecule has 0 radical (unpaired) electrons. The van der Waals surface area contributed by atoms with E-state index in [0.29, 0.717) is 5.82 Å². The number of nitrogens with zero attached hydrogens (tertiary/aromatic N) is 4. The van der Waals surface area contributed by atoms with Crippen molar-refractivity contribution in [2.75, 3.05) is 5.32 Å². The van der Waals surface area contributed by atoms with Gasteiger partial charge in [-0.2, -0.15) is 0 Å². The first kappa shape index (κ1) is 20.1. The van der Waals surface area contributed by atoms with E-state index in [1.807, 2.05) is 30.3 Å². The van der Waals surface area contributed by atoms with Crippen LogP contribution < -0.4 is 16.6 Å². The summed E-state index contributed by atoms with van der Waals surface area (Å²) in [5.74, 6) is -0.938. The molecule has 0 atom stereocenters. The summed E-state index contributed by atoms with van der Waals surface area (Å²) in [6.07, 6.45) is 1.35. The third-order valence-corrected chi connectivity index (χ3v) is 4.76. The summed E-state index contributed by atoms with van der Waals surface area (Å²) in [5, 5.41) is 2.49. The predicted molar refractivity (Wildman–Crippen MR) is 114 cm³/mol. The molecule has 0 aliphatic heterocycles. The zero-order valence-corrected chi connectivity index (χ0v) is 16.6. The zero-order chi connectivity index (χ0) is 22.0. The smallest absolute Gasteiger partial charge is 0.322 e. The van der Waals surface area contributed by atoms with Gasteiger partial charge in [0.1, 0.15) is 17.7 Å². The topological polar surface area (TPSA) is 98.9 Å². The average Bonchev–Trinajstić information content (AvgIpc) is 2.79. The van der Waals surface area contributed by atoms with Crippen LogP contribution >= 0.6 is 0 Å². The molecule has 2 aromatic heterocycles. The molecule has 31 heavy (non-hydrogen) atoms. The van der Waals surface area contributed by atoms with E-state index in [0.717, 1.165) is 10.1 Å². The maximum Gasteiger partial charge on any atom is 0.333 e. The van der Waals surface area contributed by atoms with Crippen LogP contribution in [-0.2, 0) is 17.9 Å². The quantitative estimate of drug-likeness (QED) is 0.536. The highest BCUT2D eigenvalue weighted by atomic mass is 19.1. The lowest BCUT2D eigenvalue weighted by Crippen LogP contribution is -2.43.